The summed E-state index contributed by atoms with van der Waals surface area (Å²) in [5.41, 5.74) is 3.94. The van der Waals surface area contributed by atoms with E-state index in [1.54, 1.807) is 0 Å². The molecule has 0 spiro atoms. The molecule has 0 N–H and O–H groups in total. The van der Waals surface area contributed by atoms with Gasteiger partial charge in [-0.15, -0.1) is 0 Å². The molecule has 0 saturated carbocycles. The molecule has 0 heterocycles. The van der Waals surface area contributed by atoms with Crippen molar-refractivity contribution < 1.29 is 0 Å². The van der Waals surface area contributed by atoms with Gasteiger partial charge in [0.1, 0.15) is 0 Å². The molecule has 0 heteroatoms. The third-order valence-corrected chi connectivity index (χ3v) is 2.09. The summed E-state index contributed by atoms with van der Waals surface area (Å²) in [7, 11) is 0. The van der Waals surface area contributed by atoms with Gasteiger partial charge in [-0.05, 0) is 36.5 Å². The van der Waals surface area contributed by atoms with E-state index >= 15 is 0 Å². The van der Waals surface area contributed by atoms with Crippen molar-refractivity contribution in [3.8, 4) is 0 Å². The summed E-state index contributed by atoms with van der Waals surface area (Å²) in [6, 6.07) is 0. The number of hydrogen-bond donors (Lipinski definition) is 0. The first kappa shape index (κ1) is 12.0. The van der Waals surface area contributed by atoms with Gasteiger partial charge in [-0.1, -0.05) is 45.2 Å². The minimum absolute atomic E-state index is 1.11. The monoisotopic (exact) mass is 176 g/mol. The predicted octanol–water partition coefficient (Wildman–Crippen LogP) is 4.42. The zero-order chi connectivity index (χ0) is 10.3. The van der Waals surface area contributed by atoms with Crippen LogP contribution < -0.4 is 0 Å². The third-order valence-electron chi connectivity index (χ3n) is 2.09. The lowest BCUT2D eigenvalue weighted by Crippen LogP contribution is -1.94. The summed E-state index contributed by atoms with van der Waals surface area (Å²) in [5.74, 6) is 0. The maximum Gasteiger partial charge on any atom is -0.0204 e. The lowest BCUT2D eigenvalue weighted by Gasteiger charge is -2.13. The highest BCUT2D eigenvalue weighted by Gasteiger charge is 2.06. The number of hydrogen-bond acceptors (Lipinski definition) is 0. The van der Waals surface area contributed by atoms with E-state index in [0.29, 0.717) is 0 Å². The van der Waals surface area contributed by atoms with Gasteiger partial charge in [-0.2, -0.15) is 0 Å². The Balaban J connectivity index is 0.000000671. The van der Waals surface area contributed by atoms with Crippen LogP contribution in [0, 0.1) is 0 Å². The minimum atomic E-state index is 1.11. The molecule has 1 aliphatic rings. The van der Waals surface area contributed by atoms with Crippen molar-refractivity contribution >= 4 is 0 Å². The van der Waals surface area contributed by atoms with Crippen LogP contribution in [0.1, 0.15) is 33.6 Å². The van der Waals surface area contributed by atoms with E-state index in [1.807, 2.05) is 26.0 Å². The predicted molar refractivity (Wildman–Crippen MR) is 61.8 cm³/mol. The molecule has 1 aliphatic carbocycles. The Hall–Kier alpha value is -1.04. The topological polar surface area (TPSA) is 0 Å². The van der Waals surface area contributed by atoms with Crippen LogP contribution in [0.4, 0.5) is 0 Å². The summed E-state index contributed by atoms with van der Waals surface area (Å²) in [6.45, 7) is 13.7. The molecule has 0 saturated heterocycles. The summed E-state index contributed by atoms with van der Waals surface area (Å²) >= 11 is 0. The molecule has 0 aromatic heterocycles. The maximum absolute atomic E-state index is 3.79. The van der Waals surface area contributed by atoms with Crippen LogP contribution in [0.3, 0.4) is 0 Å². The van der Waals surface area contributed by atoms with Crippen LogP contribution >= 0.6 is 0 Å². The van der Waals surface area contributed by atoms with E-state index in [-0.39, 0.29) is 0 Å². The van der Waals surface area contributed by atoms with E-state index in [2.05, 4.69) is 26.2 Å². The Morgan fingerprint density at radius 2 is 1.85 bits per heavy atom. The second-order valence-electron chi connectivity index (χ2n) is 2.77. The second kappa shape index (κ2) is 6.47. The van der Waals surface area contributed by atoms with Gasteiger partial charge in [-0.25, -0.2) is 0 Å². The van der Waals surface area contributed by atoms with Crippen molar-refractivity contribution in [3.63, 3.8) is 0 Å². The standard InChI is InChI=1S/C11H14.C2H6/c1-4-10-8-6-7-9(3)11(10)5-2;1-2/h4-5,7H,1-2,6,8H2,3H3;1-2H3. The Bertz CT molecular complexity index is 239. The highest BCUT2D eigenvalue weighted by molar-refractivity contribution is 5.47. The van der Waals surface area contributed by atoms with Gasteiger partial charge in [0.05, 0.1) is 0 Å². The summed E-state index contributed by atoms with van der Waals surface area (Å²) in [5, 5.41) is 0. The molecule has 0 aromatic rings. The molecular formula is C13H20. The van der Waals surface area contributed by atoms with E-state index in [0.717, 1.165) is 12.8 Å². The first-order valence-electron chi connectivity index (χ1n) is 4.94. The second-order valence-corrected chi connectivity index (χ2v) is 2.77. The normalized spacial score (nSPS) is 15.5. The van der Waals surface area contributed by atoms with E-state index in [9.17, 15) is 0 Å². The van der Waals surface area contributed by atoms with Crippen molar-refractivity contribution in [1.29, 1.82) is 0 Å². The lowest BCUT2D eigenvalue weighted by atomic mass is 9.92. The summed E-state index contributed by atoms with van der Waals surface area (Å²) in [4.78, 5) is 0. The SMILES string of the molecule is C=CC1=C(C=C)C(C)=CCC1.CC. The molecule has 0 atom stereocenters. The van der Waals surface area contributed by atoms with Gasteiger partial charge in [0.2, 0.25) is 0 Å². The van der Waals surface area contributed by atoms with E-state index < -0.39 is 0 Å². The van der Waals surface area contributed by atoms with E-state index in [4.69, 9.17) is 0 Å². The Kier molecular flexibility index (Phi) is 5.96. The molecule has 0 radical (unpaired) electrons. The third kappa shape index (κ3) is 3.06. The molecule has 0 nitrogen and oxygen atoms in total. The lowest BCUT2D eigenvalue weighted by molar-refractivity contribution is 0.958. The Morgan fingerprint density at radius 3 is 2.23 bits per heavy atom. The van der Waals surface area contributed by atoms with Crippen molar-refractivity contribution in [3.05, 3.63) is 48.1 Å². The number of rotatable bonds is 2. The summed E-state index contributed by atoms with van der Waals surface area (Å²) < 4.78 is 0. The molecule has 0 aliphatic heterocycles. The quantitative estimate of drug-likeness (QED) is 0.584. The molecule has 0 aromatic carbocycles. The van der Waals surface area contributed by atoms with Crippen LogP contribution in [0.25, 0.3) is 0 Å². The molecule has 1 rings (SSSR count). The first-order chi connectivity index (χ1) is 6.29. The largest absolute Gasteiger partial charge is 0.0988 e. The molecule has 0 amide bonds. The van der Waals surface area contributed by atoms with Gasteiger partial charge in [-0.3, -0.25) is 0 Å². The highest BCUT2D eigenvalue weighted by atomic mass is 14.1. The Morgan fingerprint density at radius 1 is 1.23 bits per heavy atom. The van der Waals surface area contributed by atoms with E-state index in [1.165, 1.54) is 16.7 Å². The molecule has 13 heavy (non-hydrogen) atoms. The van der Waals surface area contributed by atoms with Crippen LogP contribution in [0.2, 0.25) is 0 Å². The Labute approximate surface area is 82.4 Å². The highest BCUT2D eigenvalue weighted by Crippen LogP contribution is 2.25. The van der Waals surface area contributed by atoms with Crippen LogP contribution in [-0.4, -0.2) is 0 Å². The fourth-order valence-electron chi connectivity index (χ4n) is 1.45. The smallest absolute Gasteiger partial charge is 0.0204 e. The molecule has 0 fully saturated rings. The number of allylic oxidation sites excluding steroid dienone is 6. The molecule has 72 valence electrons. The van der Waals surface area contributed by atoms with Gasteiger partial charge in [0.15, 0.2) is 0 Å². The molecule has 0 unspecified atom stereocenters. The van der Waals surface area contributed by atoms with Gasteiger partial charge < -0.3 is 0 Å². The van der Waals surface area contributed by atoms with Crippen molar-refractivity contribution in [2.24, 2.45) is 0 Å². The van der Waals surface area contributed by atoms with Crippen molar-refractivity contribution in [1.82, 2.24) is 0 Å². The van der Waals surface area contributed by atoms with Gasteiger partial charge >= 0.3 is 0 Å². The van der Waals surface area contributed by atoms with Gasteiger partial charge in [0.25, 0.3) is 0 Å². The fraction of sp³-hybridized carbons (Fsp3) is 0.385. The first-order valence-corrected chi connectivity index (χ1v) is 4.94. The van der Waals surface area contributed by atoms with Crippen molar-refractivity contribution in [2.45, 2.75) is 33.6 Å². The maximum atomic E-state index is 3.79. The van der Waals surface area contributed by atoms with Gasteiger partial charge in [0, 0.05) is 0 Å². The average Bonchev–Trinajstić information content (AvgIpc) is 2.20. The zero-order valence-electron chi connectivity index (χ0n) is 9.06. The zero-order valence-corrected chi connectivity index (χ0v) is 9.06. The fourth-order valence-corrected chi connectivity index (χ4v) is 1.45. The van der Waals surface area contributed by atoms with Crippen LogP contribution in [0.5, 0.6) is 0 Å². The average molecular weight is 176 g/mol. The molecular weight excluding hydrogens is 156 g/mol. The molecule has 0 bridgehead atoms. The minimum Gasteiger partial charge on any atom is -0.0988 e. The van der Waals surface area contributed by atoms with Crippen LogP contribution in [-0.2, 0) is 0 Å². The van der Waals surface area contributed by atoms with Crippen molar-refractivity contribution in [2.75, 3.05) is 0 Å². The summed E-state index contributed by atoms with van der Waals surface area (Å²) in [6.07, 6.45) is 8.37. The van der Waals surface area contributed by atoms with Crippen LogP contribution in [0.15, 0.2) is 48.1 Å².